The Morgan fingerprint density at radius 1 is 1.62 bits per heavy atom. The van der Waals surface area contributed by atoms with E-state index in [1.807, 2.05) is 0 Å². The Morgan fingerprint density at radius 3 is 2.25 bits per heavy atom. The molecule has 0 saturated carbocycles. The molecule has 0 atom stereocenters. The van der Waals surface area contributed by atoms with Gasteiger partial charge in [0, 0.05) is 6.42 Å². The Morgan fingerprint density at radius 2 is 2.12 bits per heavy atom. The Hall–Kier alpha value is 0.544. The molecular weight excluding hydrogens is 162 g/mol. The summed E-state index contributed by atoms with van der Waals surface area (Å²) in [7, 11) is 4.58. The van der Waals surface area contributed by atoms with Gasteiger partial charge >= 0.3 is 26.3 Å². The van der Waals surface area contributed by atoms with Crippen molar-refractivity contribution in [2.24, 2.45) is 0 Å². The van der Waals surface area contributed by atoms with Crippen LogP contribution in [-0.4, -0.2) is 6.29 Å². The molecule has 0 aliphatic heterocycles. The summed E-state index contributed by atoms with van der Waals surface area (Å²) in [5.41, 5.74) is 0. The zero-order valence-corrected chi connectivity index (χ0v) is 7.08. The summed E-state index contributed by atoms with van der Waals surface area (Å²) in [5.74, 6) is 0. The predicted molar refractivity (Wildman–Crippen MR) is 31.4 cm³/mol. The normalized spacial score (nSPS) is 6.75. The fourth-order valence-electron chi connectivity index (χ4n) is 0.287. The first kappa shape index (κ1) is 11.4. The molecule has 0 saturated heterocycles. The van der Waals surface area contributed by atoms with Crippen molar-refractivity contribution >= 4 is 16.1 Å². The van der Waals surface area contributed by atoms with Crippen molar-refractivity contribution in [2.45, 2.75) is 26.2 Å². The van der Waals surface area contributed by atoms with Crippen LogP contribution in [0, 0.1) is 0 Å². The van der Waals surface area contributed by atoms with Gasteiger partial charge in [-0.1, -0.05) is 13.3 Å². The first-order chi connectivity index (χ1) is 3.91. The van der Waals surface area contributed by atoms with E-state index >= 15 is 0 Å². The predicted octanol–water partition coefficient (Wildman–Crippen LogP) is 2.06. The molecule has 0 spiro atoms. The van der Waals surface area contributed by atoms with Crippen LogP contribution in [0.5, 0.6) is 0 Å². The number of halogens is 1. The van der Waals surface area contributed by atoms with Gasteiger partial charge in [0.25, 0.3) is 0 Å². The van der Waals surface area contributed by atoms with Crippen molar-refractivity contribution < 1.29 is 21.3 Å². The first-order valence-electron chi connectivity index (χ1n) is 2.52. The van der Waals surface area contributed by atoms with E-state index in [4.69, 9.17) is 0 Å². The van der Waals surface area contributed by atoms with Crippen LogP contribution in [0.4, 0.5) is 0 Å². The fourth-order valence-corrected chi connectivity index (χ4v) is 0.287. The Bertz CT molecular complexity index is 41.4. The second-order valence-electron chi connectivity index (χ2n) is 1.31. The van der Waals surface area contributed by atoms with Gasteiger partial charge < -0.3 is 4.79 Å². The van der Waals surface area contributed by atoms with E-state index in [1.165, 1.54) is 0 Å². The van der Waals surface area contributed by atoms with Crippen molar-refractivity contribution in [3.63, 3.8) is 0 Å². The van der Waals surface area contributed by atoms with E-state index in [2.05, 4.69) is 16.8 Å². The molecular formula is C5H10ClOV. The number of hydrogen-bond donors (Lipinski definition) is 0. The quantitative estimate of drug-likeness (QED) is 0.471. The topological polar surface area (TPSA) is 17.1 Å². The average molecular weight is 173 g/mol. The van der Waals surface area contributed by atoms with Gasteiger partial charge in [0.1, 0.15) is 6.29 Å². The molecule has 0 N–H and O–H groups in total. The third-order valence-electron chi connectivity index (χ3n) is 0.676. The first-order valence-corrected chi connectivity index (χ1v) is 4.44. The van der Waals surface area contributed by atoms with Crippen molar-refractivity contribution in [2.75, 3.05) is 0 Å². The molecule has 0 aliphatic rings. The maximum absolute atomic E-state index is 9.56. The number of carbonyl (C=O) groups is 1. The minimum atomic E-state index is 0.733. The summed E-state index contributed by atoms with van der Waals surface area (Å²) in [6.07, 6.45) is 3.86. The number of hydrogen-bond acceptors (Lipinski definition) is 1. The van der Waals surface area contributed by atoms with Crippen LogP contribution in [0.1, 0.15) is 26.2 Å². The number of aldehydes is 1. The number of carbonyl (C=O) groups excluding carboxylic acids is 1. The monoisotopic (exact) mass is 172 g/mol. The zero-order valence-electron chi connectivity index (χ0n) is 4.93. The van der Waals surface area contributed by atoms with E-state index in [0.29, 0.717) is 0 Å². The summed E-state index contributed by atoms with van der Waals surface area (Å²) in [6, 6.07) is 0. The molecule has 0 amide bonds. The van der Waals surface area contributed by atoms with Gasteiger partial charge in [0.05, 0.1) is 0 Å². The zero-order chi connectivity index (χ0) is 6.83. The number of rotatable bonds is 3. The van der Waals surface area contributed by atoms with E-state index in [-0.39, 0.29) is 0 Å². The Labute approximate surface area is 63.9 Å². The van der Waals surface area contributed by atoms with Crippen molar-refractivity contribution in [1.82, 2.24) is 0 Å². The van der Waals surface area contributed by atoms with Gasteiger partial charge in [-0.05, 0) is 6.42 Å². The molecule has 0 aromatic rings. The molecule has 8 heavy (non-hydrogen) atoms. The van der Waals surface area contributed by atoms with E-state index in [9.17, 15) is 4.79 Å². The minimum absolute atomic E-state index is 0.733. The van der Waals surface area contributed by atoms with Gasteiger partial charge in [-0.2, -0.15) is 0 Å². The molecule has 0 rings (SSSR count). The third kappa shape index (κ3) is 16.0. The third-order valence-corrected chi connectivity index (χ3v) is 0.676. The fraction of sp³-hybridized carbons (Fsp3) is 0.800. The molecule has 0 heterocycles. The second-order valence-corrected chi connectivity index (χ2v) is 1.31. The molecule has 0 aromatic carbocycles. The molecule has 0 bridgehead atoms. The van der Waals surface area contributed by atoms with Gasteiger partial charge in [0.2, 0.25) is 0 Å². The Balaban J connectivity index is 0. The molecule has 3 heteroatoms. The van der Waals surface area contributed by atoms with E-state index in [0.717, 1.165) is 25.5 Å². The van der Waals surface area contributed by atoms with Crippen molar-refractivity contribution in [3.05, 3.63) is 0 Å². The summed E-state index contributed by atoms with van der Waals surface area (Å²) in [4.78, 5) is 9.56. The summed E-state index contributed by atoms with van der Waals surface area (Å²) in [5, 5.41) is 0. The molecule has 0 unspecified atom stereocenters. The molecule has 48 valence electrons. The van der Waals surface area contributed by atoms with E-state index < -0.39 is 0 Å². The maximum atomic E-state index is 9.56. The SMILES string of the molecule is CCCCC=O.[Cl][V]. The Kier molecular flexibility index (Phi) is 22.2. The second kappa shape index (κ2) is 15.6. The molecule has 0 fully saturated rings. The van der Waals surface area contributed by atoms with E-state index in [1.54, 1.807) is 16.5 Å². The molecule has 0 aliphatic carbocycles. The van der Waals surface area contributed by atoms with Crippen molar-refractivity contribution in [1.29, 1.82) is 0 Å². The van der Waals surface area contributed by atoms with Crippen LogP contribution < -0.4 is 0 Å². The van der Waals surface area contributed by atoms with Gasteiger partial charge in [-0.3, -0.25) is 0 Å². The standard InChI is InChI=1S/C5H10O.ClH.V/c1-2-3-4-5-6;;/h5H,2-4H2,1H3;1H;/q;;+1/p-1. The van der Waals surface area contributed by atoms with Gasteiger partial charge in [0.15, 0.2) is 0 Å². The molecule has 1 nitrogen and oxygen atoms in total. The van der Waals surface area contributed by atoms with Crippen LogP contribution in [0.25, 0.3) is 0 Å². The summed E-state index contributed by atoms with van der Waals surface area (Å²) >= 11 is 1.78. The number of unbranched alkanes of at least 4 members (excludes halogenated alkanes) is 2. The molecule has 0 aromatic heterocycles. The van der Waals surface area contributed by atoms with Gasteiger partial charge in [-0.25, -0.2) is 0 Å². The van der Waals surface area contributed by atoms with Crippen LogP contribution in [0.15, 0.2) is 0 Å². The summed E-state index contributed by atoms with van der Waals surface area (Å²) < 4.78 is 0. The van der Waals surface area contributed by atoms with Crippen LogP contribution in [-0.2, 0) is 21.3 Å². The van der Waals surface area contributed by atoms with Crippen LogP contribution in [0.3, 0.4) is 0 Å². The average Bonchev–Trinajstić information content (AvgIpc) is 1.88. The van der Waals surface area contributed by atoms with Crippen LogP contribution >= 0.6 is 9.85 Å². The van der Waals surface area contributed by atoms with Crippen molar-refractivity contribution in [3.8, 4) is 0 Å². The molecule has 0 radical (unpaired) electrons. The summed E-state index contributed by atoms with van der Waals surface area (Å²) in [6.45, 7) is 2.07. The van der Waals surface area contributed by atoms with Gasteiger partial charge in [-0.15, -0.1) is 0 Å². The van der Waals surface area contributed by atoms with Crippen LogP contribution in [0.2, 0.25) is 0 Å².